The number of ether oxygens (including phenoxy) is 1. The standard InChI is InChI=1S/C23H21FN4OS/c24-22-12-15(8-10-26-22)20-13-18(9-11-25-20)29-17-6-7-19-21(14-17)30-23(28-19)27-16-4-2-1-3-5-16/h6-14,16H,1-5H2,(H,27,28). The molecule has 3 aromatic heterocycles. The number of benzene rings is 1. The molecule has 0 spiro atoms. The fourth-order valence-corrected chi connectivity index (χ4v) is 4.75. The lowest BCUT2D eigenvalue weighted by Crippen LogP contribution is -2.21. The Bertz CT molecular complexity index is 1170. The molecule has 1 aliphatic carbocycles. The van der Waals surface area contributed by atoms with Crippen LogP contribution in [0, 0.1) is 5.95 Å². The molecule has 1 fully saturated rings. The molecular weight excluding hydrogens is 399 g/mol. The van der Waals surface area contributed by atoms with Crippen LogP contribution in [0.4, 0.5) is 9.52 Å². The number of pyridine rings is 2. The van der Waals surface area contributed by atoms with Crippen molar-refractivity contribution in [1.29, 1.82) is 0 Å². The fraction of sp³-hybridized carbons (Fsp3) is 0.261. The molecule has 0 radical (unpaired) electrons. The van der Waals surface area contributed by atoms with Gasteiger partial charge in [0.05, 0.1) is 15.9 Å². The number of thiazole rings is 1. The minimum Gasteiger partial charge on any atom is -0.457 e. The summed E-state index contributed by atoms with van der Waals surface area (Å²) in [5.74, 6) is 0.837. The molecule has 152 valence electrons. The lowest BCUT2D eigenvalue weighted by atomic mass is 9.96. The SMILES string of the molecule is Fc1cc(-c2cc(Oc3ccc4nc(NC5CCCCC5)sc4c3)ccn2)ccn1. The molecule has 0 atom stereocenters. The maximum absolute atomic E-state index is 13.4. The smallest absolute Gasteiger partial charge is 0.213 e. The Balaban J connectivity index is 1.34. The van der Waals surface area contributed by atoms with Gasteiger partial charge in [0.2, 0.25) is 5.95 Å². The van der Waals surface area contributed by atoms with Gasteiger partial charge in [-0.2, -0.15) is 4.39 Å². The molecule has 0 unspecified atom stereocenters. The maximum atomic E-state index is 13.4. The van der Waals surface area contributed by atoms with Crippen LogP contribution >= 0.6 is 11.3 Å². The number of rotatable bonds is 5. The molecule has 3 heterocycles. The first-order valence-corrected chi connectivity index (χ1v) is 11.0. The zero-order chi connectivity index (χ0) is 20.3. The van der Waals surface area contributed by atoms with Gasteiger partial charge in [0, 0.05) is 42.2 Å². The van der Waals surface area contributed by atoms with Gasteiger partial charge in [-0.05, 0) is 37.1 Å². The number of fused-ring (bicyclic) bond motifs is 1. The number of hydrogen-bond acceptors (Lipinski definition) is 6. The molecule has 0 bridgehead atoms. The highest BCUT2D eigenvalue weighted by atomic mass is 32.1. The van der Waals surface area contributed by atoms with Gasteiger partial charge in [-0.3, -0.25) is 4.98 Å². The van der Waals surface area contributed by atoms with Crippen LogP contribution in [0.3, 0.4) is 0 Å². The topological polar surface area (TPSA) is 59.9 Å². The lowest BCUT2D eigenvalue weighted by Gasteiger charge is -2.22. The van der Waals surface area contributed by atoms with E-state index in [0.717, 1.165) is 21.1 Å². The van der Waals surface area contributed by atoms with E-state index in [9.17, 15) is 4.39 Å². The van der Waals surface area contributed by atoms with Crippen molar-refractivity contribution < 1.29 is 9.13 Å². The first-order chi connectivity index (χ1) is 14.7. The summed E-state index contributed by atoms with van der Waals surface area (Å²) in [5.41, 5.74) is 2.25. The summed E-state index contributed by atoms with van der Waals surface area (Å²) < 4.78 is 20.5. The van der Waals surface area contributed by atoms with Gasteiger partial charge in [0.15, 0.2) is 5.13 Å². The second kappa shape index (κ2) is 8.36. The van der Waals surface area contributed by atoms with Gasteiger partial charge in [0.1, 0.15) is 11.5 Å². The van der Waals surface area contributed by atoms with E-state index in [4.69, 9.17) is 9.72 Å². The minimum absolute atomic E-state index is 0.531. The van der Waals surface area contributed by atoms with E-state index < -0.39 is 5.95 Å². The number of nitrogens with zero attached hydrogens (tertiary/aromatic N) is 3. The van der Waals surface area contributed by atoms with Crippen LogP contribution in [-0.4, -0.2) is 21.0 Å². The molecule has 1 N–H and O–H groups in total. The largest absolute Gasteiger partial charge is 0.457 e. The molecule has 1 aliphatic rings. The third-order valence-corrected chi connectivity index (χ3v) is 6.23. The highest BCUT2D eigenvalue weighted by molar-refractivity contribution is 7.22. The third-order valence-electron chi connectivity index (χ3n) is 5.28. The number of nitrogens with one attached hydrogen (secondary N) is 1. The Hall–Kier alpha value is -3.06. The molecule has 7 heteroatoms. The average Bonchev–Trinajstić information content (AvgIpc) is 3.16. The zero-order valence-corrected chi connectivity index (χ0v) is 17.2. The molecular formula is C23H21FN4OS. The summed E-state index contributed by atoms with van der Waals surface area (Å²) in [6.07, 6.45) is 9.44. The van der Waals surface area contributed by atoms with Crippen molar-refractivity contribution in [3.05, 3.63) is 60.8 Å². The second-order valence-electron chi connectivity index (χ2n) is 7.47. The van der Waals surface area contributed by atoms with Crippen molar-refractivity contribution >= 4 is 26.7 Å². The van der Waals surface area contributed by atoms with Crippen molar-refractivity contribution in [2.45, 2.75) is 38.1 Å². The summed E-state index contributed by atoms with van der Waals surface area (Å²) >= 11 is 1.65. The average molecular weight is 421 g/mol. The summed E-state index contributed by atoms with van der Waals surface area (Å²) in [6, 6.07) is 13.1. The molecule has 5 nitrogen and oxygen atoms in total. The number of hydrogen-bond donors (Lipinski definition) is 1. The number of aromatic nitrogens is 3. The predicted octanol–water partition coefficient (Wildman–Crippen LogP) is 6.43. The highest BCUT2D eigenvalue weighted by Crippen LogP contribution is 2.33. The summed E-state index contributed by atoms with van der Waals surface area (Å²) in [7, 11) is 0. The molecule has 5 rings (SSSR count). The van der Waals surface area contributed by atoms with Gasteiger partial charge in [-0.25, -0.2) is 9.97 Å². The Morgan fingerprint density at radius 2 is 1.77 bits per heavy atom. The zero-order valence-electron chi connectivity index (χ0n) is 16.3. The van der Waals surface area contributed by atoms with Crippen molar-refractivity contribution in [3.8, 4) is 22.8 Å². The second-order valence-corrected chi connectivity index (χ2v) is 8.50. The van der Waals surface area contributed by atoms with E-state index in [2.05, 4.69) is 15.3 Å². The van der Waals surface area contributed by atoms with Crippen LogP contribution in [-0.2, 0) is 0 Å². The maximum Gasteiger partial charge on any atom is 0.213 e. The molecule has 0 amide bonds. The van der Waals surface area contributed by atoms with Gasteiger partial charge < -0.3 is 10.1 Å². The van der Waals surface area contributed by atoms with Gasteiger partial charge in [-0.1, -0.05) is 30.6 Å². The van der Waals surface area contributed by atoms with Crippen molar-refractivity contribution in [3.63, 3.8) is 0 Å². The van der Waals surface area contributed by atoms with Crippen LogP contribution in [0.5, 0.6) is 11.5 Å². The normalized spacial score (nSPS) is 14.7. The third kappa shape index (κ3) is 4.26. The molecule has 30 heavy (non-hydrogen) atoms. The first kappa shape index (κ1) is 18.9. The monoisotopic (exact) mass is 420 g/mol. The Morgan fingerprint density at radius 3 is 2.63 bits per heavy atom. The van der Waals surface area contributed by atoms with Crippen LogP contribution in [0.2, 0.25) is 0 Å². The van der Waals surface area contributed by atoms with E-state index in [1.165, 1.54) is 44.4 Å². The molecule has 1 aromatic carbocycles. The van der Waals surface area contributed by atoms with Gasteiger partial charge in [-0.15, -0.1) is 0 Å². The van der Waals surface area contributed by atoms with Crippen LogP contribution in [0.25, 0.3) is 21.5 Å². The van der Waals surface area contributed by atoms with Gasteiger partial charge >= 0.3 is 0 Å². The van der Waals surface area contributed by atoms with Gasteiger partial charge in [0.25, 0.3) is 0 Å². The number of anilines is 1. The molecule has 4 aromatic rings. The minimum atomic E-state index is -0.533. The lowest BCUT2D eigenvalue weighted by molar-refractivity contribution is 0.462. The van der Waals surface area contributed by atoms with Crippen molar-refractivity contribution in [1.82, 2.24) is 15.0 Å². The first-order valence-electron chi connectivity index (χ1n) is 10.2. The Morgan fingerprint density at radius 1 is 0.933 bits per heavy atom. The summed E-state index contributed by atoms with van der Waals surface area (Å²) in [4.78, 5) is 12.6. The predicted molar refractivity (Wildman–Crippen MR) is 118 cm³/mol. The van der Waals surface area contributed by atoms with E-state index >= 15 is 0 Å². The Kier molecular flexibility index (Phi) is 5.27. The Labute approximate surface area is 178 Å². The quantitative estimate of drug-likeness (QED) is 0.377. The van der Waals surface area contributed by atoms with Crippen LogP contribution in [0.1, 0.15) is 32.1 Å². The molecule has 0 aliphatic heterocycles. The van der Waals surface area contributed by atoms with E-state index in [0.29, 0.717) is 23.0 Å². The van der Waals surface area contributed by atoms with Crippen molar-refractivity contribution in [2.75, 3.05) is 5.32 Å². The van der Waals surface area contributed by atoms with Crippen molar-refractivity contribution in [2.24, 2.45) is 0 Å². The van der Waals surface area contributed by atoms with Crippen LogP contribution in [0.15, 0.2) is 54.9 Å². The number of halogens is 1. The van der Waals surface area contributed by atoms with E-state index in [1.54, 1.807) is 35.7 Å². The molecule has 1 saturated carbocycles. The van der Waals surface area contributed by atoms with E-state index in [1.807, 2.05) is 18.2 Å². The molecule has 0 saturated heterocycles. The van der Waals surface area contributed by atoms with Crippen LogP contribution < -0.4 is 10.1 Å². The highest BCUT2D eigenvalue weighted by Gasteiger charge is 2.15. The fourth-order valence-electron chi connectivity index (χ4n) is 3.78. The summed E-state index contributed by atoms with van der Waals surface area (Å²) in [6.45, 7) is 0. The van der Waals surface area contributed by atoms with E-state index in [-0.39, 0.29) is 0 Å². The summed E-state index contributed by atoms with van der Waals surface area (Å²) in [5, 5.41) is 4.56.